The van der Waals surface area contributed by atoms with Crippen molar-refractivity contribution in [2.75, 3.05) is 0 Å². The fourth-order valence-corrected chi connectivity index (χ4v) is 5.10. The molecular weight excluding hydrogens is 504 g/mol. The van der Waals surface area contributed by atoms with Gasteiger partial charge in [-0.3, -0.25) is 9.59 Å². The fraction of sp³-hybridized carbons (Fsp3) is 0.292. The summed E-state index contributed by atoms with van der Waals surface area (Å²) in [6, 6.07) is 13.9. The van der Waals surface area contributed by atoms with Crippen LogP contribution in [0.1, 0.15) is 36.6 Å². The van der Waals surface area contributed by atoms with E-state index in [0.29, 0.717) is 10.8 Å². The lowest BCUT2D eigenvalue weighted by Crippen LogP contribution is -2.49. The van der Waals surface area contributed by atoms with Crippen LogP contribution in [0.25, 0.3) is 11.4 Å². The number of nitrogens with zero attached hydrogens (tertiary/aromatic N) is 5. The zero-order chi connectivity index (χ0) is 25.0. The molecule has 0 aliphatic rings. The van der Waals surface area contributed by atoms with E-state index in [1.165, 1.54) is 27.5 Å². The molecule has 1 N–H and O–H groups in total. The summed E-state index contributed by atoms with van der Waals surface area (Å²) in [7, 11) is 0. The summed E-state index contributed by atoms with van der Waals surface area (Å²) in [5.41, 5.74) is 0.287. The summed E-state index contributed by atoms with van der Waals surface area (Å²) in [4.78, 5) is 31.7. The lowest BCUT2D eigenvalue weighted by Gasteiger charge is -2.32. The van der Waals surface area contributed by atoms with E-state index in [2.05, 4.69) is 20.7 Å². The second kappa shape index (κ2) is 10.7. The van der Waals surface area contributed by atoms with Crippen LogP contribution in [0, 0.1) is 0 Å². The lowest BCUT2D eigenvalue weighted by molar-refractivity contribution is -0.142. The molecule has 3 heterocycles. The van der Waals surface area contributed by atoms with E-state index in [9.17, 15) is 9.59 Å². The maximum Gasteiger partial charge on any atom is 0.248 e. The summed E-state index contributed by atoms with van der Waals surface area (Å²) in [5.74, 6) is -0.140. The molecule has 1 aromatic carbocycles. The van der Waals surface area contributed by atoms with Gasteiger partial charge in [-0.05, 0) is 73.1 Å². The SMILES string of the molecule is CC(C)(C)NC(=O)[C@H](c1cccs1)N(Cc1cccs1)C(=O)Cn1nnc(-c2ccc(Cl)cc2)n1. The first-order chi connectivity index (χ1) is 16.7. The van der Waals surface area contributed by atoms with Gasteiger partial charge < -0.3 is 10.2 Å². The molecule has 3 aromatic heterocycles. The largest absolute Gasteiger partial charge is 0.349 e. The molecule has 182 valence electrons. The van der Waals surface area contributed by atoms with Crippen LogP contribution in [0.4, 0.5) is 0 Å². The van der Waals surface area contributed by atoms with Crippen LogP contribution in [0.2, 0.25) is 5.02 Å². The van der Waals surface area contributed by atoms with Gasteiger partial charge in [-0.25, -0.2) is 0 Å². The Bertz CT molecular complexity index is 1260. The summed E-state index contributed by atoms with van der Waals surface area (Å²) in [5, 5.41) is 20.0. The van der Waals surface area contributed by atoms with Crippen molar-refractivity contribution in [2.24, 2.45) is 0 Å². The number of hydrogen-bond acceptors (Lipinski definition) is 7. The number of rotatable bonds is 8. The number of benzene rings is 1. The van der Waals surface area contributed by atoms with Crippen molar-refractivity contribution in [3.63, 3.8) is 0 Å². The average Bonchev–Trinajstić information content (AvgIpc) is 3.56. The molecule has 2 amide bonds. The minimum Gasteiger partial charge on any atom is -0.349 e. The number of thiophene rings is 2. The summed E-state index contributed by atoms with van der Waals surface area (Å²) >= 11 is 8.93. The Balaban J connectivity index is 1.63. The van der Waals surface area contributed by atoms with E-state index in [1.54, 1.807) is 29.2 Å². The van der Waals surface area contributed by atoms with Crippen molar-refractivity contribution in [2.45, 2.75) is 45.4 Å². The van der Waals surface area contributed by atoms with Crippen LogP contribution in [-0.2, 0) is 22.7 Å². The first kappa shape index (κ1) is 25.0. The smallest absolute Gasteiger partial charge is 0.248 e. The van der Waals surface area contributed by atoms with Crippen molar-refractivity contribution >= 4 is 46.1 Å². The number of aromatic nitrogens is 4. The topological polar surface area (TPSA) is 93.0 Å². The zero-order valence-corrected chi connectivity index (χ0v) is 21.9. The molecule has 0 aliphatic heterocycles. The Kier molecular flexibility index (Phi) is 7.63. The highest BCUT2D eigenvalue weighted by Crippen LogP contribution is 2.29. The standard InChI is InChI=1S/C24H25ClN6O2S2/c1-24(2,3)26-23(33)21(19-7-5-13-35-19)30(14-18-6-4-12-34-18)20(32)15-31-28-22(27-29-31)16-8-10-17(25)11-9-16/h4-13,21H,14-15H2,1-3H3,(H,26,33)/t21-/m0/s1. The third-order valence-electron chi connectivity index (χ3n) is 4.93. The Morgan fingerprint density at radius 1 is 1.09 bits per heavy atom. The molecule has 0 saturated carbocycles. The molecule has 35 heavy (non-hydrogen) atoms. The van der Waals surface area contributed by atoms with Crippen LogP contribution in [-0.4, -0.2) is 42.5 Å². The van der Waals surface area contributed by atoms with Gasteiger partial charge in [0.05, 0.1) is 6.54 Å². The Morgan fingerprint density at radius 2 is 1.80 bits per heavy atom. The first-order valence-corrected chi connectivity index (χ1v) is 13.0. The van der Waals surface area contributed by atoms with Crippen LogP contribution in [0.5, 0.6) is 0 Å². The van der Waals surface area contributed by atoms with Gasteiger partial charge in [-0.1, -0.05) is 23.7 Å². The van der Waals surface area contributed by atoms with Gasteiger partial charge >= 0.3 is 0 Å². The average molecular weight is 529 g/mol. The van der Waals surface area contributed by atoms with E-state index in [-0.39, 0.29) is 24.9 Å². The normalized spacial score (nSPS) is 12.3. The maximum absolute atomic E-state index is 13.6. The van der Waals surface area contributed by atoms with Crippen LogP contribution < -0.4 is 5.32 Å². The van der Waals surface area contributed by atoms with E-state index in [4.69, 9.17) is 11.6 Å². The van der Waals surface area contributed by atoms with Gasteiger partial charge in [-0.15, -0.1) is 32.9 Å². The van der Waals surface area contributed by atoms with Crippen LogP contribution >= 0.6 is 34.3 Å². The van der Waals surface area contributed by atoms with E-state index < -0.39 is 11.6 Å². The molecule has 0 spiro atoms. The Hall–Kier alpha value is -3.08. The lowest BCUT2D eigenvalue weighted by atomic mass is 10.1. The number of carbonyl (C=O) groups is 2. The van der Waals surface area contributed by atoms with Gasteiger partial charge in [0.1, 0.15) is 12.6 Å². The van der Waals surface area contributed by atoms with Gasteiger partial charge in [0.15, 0.2) is 0 Å². The number of halogens is 1. The molecule has 0 unspecified atom stereocenters. The Morgan fingerprint density at radius 3 is 2.43 bits per heavy atom. The third kappa shape index (κ3) is 6.53. The quantitative estimate of drug-likeness (QED) is 0.354. The fourth-order valence-electron chi connectivity index (χ4n) is 3.44. The number of amides is 2. The summed E-state index contributed by atoms with van der Waals surface area (Å²) in [6.45, 7) is 5.88. The maximum atomic E-state index is 13.6. The van der Waals surface area contributed by atoms with E-state index >= 15 is 0 Å². The second-order valence-corrected chi connectivity index (χ2v) is 11.4. The highest BCUT2D eigenvalue weighted by atomic mass is 35.5. The molecule has 1 atom stereocenters. The third-order valence-corrected chi connectivity index (χ3v) is 6.97. The molecule has 8 nitrogen and oxygen atoms in total. The van der Waals surface area contributed by atoms with Gasteiger partial charge in [-0.2, -0.15) is 4.80 Å². The molecule has 0 bridgehead atoms. The molecule has 4 rings (SSSR count). The molecule has 4 aromatic rings. The first-order valence-electron chi connectivity index (χ1n) is 10.9. The van der Waals surface area contributed by atoms with Crippen LogP contribution in [0.3, 0.4) is 0 Å². The van der Waals surface area contributed by atoms with Crippen molar-refractivity contribution < 1.29 is 9.59 Å². The predicted molar refractivity (Wildman–Crippen MR) is 138 cm³/mol. The predicted octanol–water partition coefficient (Wildman–Crippen LogP) is 4.80. The molecule has 0 aliphatic carbocycles. The number of tetrazole rings is 1. The van der Waals surface area contributed by atoms with Gasteiger partial charge in [0.2, 0.25) is 17.6 Å². The number of nitrogens with one attached hydrogen (secondary N) is 1. The monoisotopic (exact) mass is 528 g/mol. The van der Waals surface area contributed by atoms with Crippen LogP contribution in [0.15, 0.2) is 59.3 Å². The van der Waals surface area contributed by atoms with Crippen molar-refractivity contribution in [1.82, 2.24) is 30.4 Å². The highest BCUT2D eigenvalue weighted by Gasteiger charge is 2.34. The molecule has 0 radical (unpaired) electrons. The second-order valence-electron chi connectivity index (χ2n) is 8.91. The molecular formula is C24H25ClN6O2S2. The zero-order valence-electron chi connectivity index (χ0n) is 19.5. The minimum atomic E-state index is -0.789. The van der Waals surface area contributed by atoms with E-state index in [1.807, 2.05) is 55.8 Å². The molecule has 11 heteroatoms. The highest BCUT2D eigenvalue weighted by molar-refractivity contribution is 7.10. The minimum absolute atomic E-state index is 0.156. The van der Waals surface area contributed by atoms with Gasteiger partial charge in [0.25, 0.3) is 0 Å². The van der Waals surface area contributed by atoms with Crippen molar-refractivity contribution in [3.8, 4) is 11.4 Å². The number of hydrogen-bond donors (Lipinski definition) is 1. The van der Waals surface area contributed by atoms with E-state index in [0.717, 1.165) is 15.3 Å². The molecule has 0 saturated heterocycles. The van der Waals surface area contributed by atoms with Gasteiger partial charge in [0, 0.05) is 25.9 Å². The summed E-state index contributed by atoms with van der Waals surface area (Å²) < 4.78 is 0. The molecule has 0 fully saturated rings. The van der Waals surface area contributed by atoms with Crippen molar-refractivity contribution in [1.29, 1.82) is 0 Å². The number of carbonyl (C=O) groups excluding carboxylic acids is 2. The Labute approximate surface area is 216 Å². The van der Waals surface area contributed by atoms with Crippen molar-refractivity contribution in [3.05, 3.63) is 74.1 Å². The summed E-state index contributed by atoms with van der Waals surface area (Å²) in [6.07, 6.45) is 0.